The number of carbonyl (C=O) groups excluding carboxylic acids is 2. The lowest BCUT2D eigenvalue weighted by Crippen LogP contribution is -2.45. The molecule has 0 unspecified atom stereocenters. The predicted octanol–water partition coefficient (Wildman–Crippen LogP) is 2.27. The van der Waals surface area contributed by atoms with E-state index in [-0.39, 0.29) is 18.3 Å². The van der Waals surface area contributed by atoms with Crippen molar-refractivity contribution in [3.8, 4) is 5.75 Å². The van der Waals surface area contributed by atoms with Crippen molar-refractivity contribution in [1.29, 1.82) is 0 Å². The Bertz CT molecular complexity index is 882. The molecule has 0 saturated carbocycles. The number of methoxy groups -OCH3 is 1. The van der Waals surface area contributed by atoms with Crippen molar-refractivity contribution in [2.45, 2.75) is 13.0 Å². The van der Waals surface area contributed by atoms with Gasteiger partial charge in [-0.05, 0) is 42.3 Å². The number of aryl methyl sites for hydroxylation is 1. The van der Waals surface area contributed by atoms with Crippen LogP contribution in [0.5, 0.6) is 5.75 Å². The Hall–Kier alpha value is -2.97. The van der Waals surface area contributed by atoms with Gasteiger partial charge in [0.05, 0.1) is 26.4 Å². The molecule has 0 aliphatic carbocycles. The maximum absolute atomic E-state index is 13.7. The molecule has 0 bridgehead atoms. The average Bonchev–Trinajstić information content (AvgIpc) is 2.77. The summed E-state index contributed by atoms with van der Waals surface area (Å²) < 4.78 is 24.3. The maximum Gasteiger partial charge on any atom is 0.313 e. The number of rotatable bonds is 6. The van der Waals surface area contributed by atoms with Crippen molar-refractivity contribution in [2.75, 3.05) is 45.3 Å². The summed E-state index contributed by atoms with van der Waals surface area (Å²) in [5.74, 6) is -1.32. The van der Waals surface area contributed by atoms with Gasteiger partial charge in [-0.3, -0.25) is 14.5 Å². The molecular weight excluding hydrogens is 389 g/mol. The van der Waals surface area contributed by atoms with Crippen molar-refractivity contribution in [1.82, 2.24) is 10.2 Å². The van der Waals surface area contributed by atoms with Crippen molar-refractivity contribution in [2.24, 2.45) is 0 Å². The maximum atomic E-state index is 13.7. The molecule has 7 nitrogen and oxygen atoms in total. The van der Waals surface area contributed by atoms with E-state index in [0.29, 0.717) is 18.8 Å². The summed E-state index contributed by atoms with van der Waals surface area (Å²) in [6, 6.07) is 11.8. The molecule has 1 fully saturated rings. The van der Waals surface area contributed by atoms with E-state index in [9.17, 15) is 14.0 Å². The summed E-state index contributed by atoms with van der Waals surface area (Å²) in [4.78, 5) is 26.8. The van der Waals surface area contributed by atoms with Gasteiger partial charge in [-0.15, -0.1) is 0 Å². The molecule has 1 saturated heterocycles. The number of hydrogen-bond acceptors (Lipinski definition) is 5. The Balaban J connectivity index is 1.65. The highest BCUT2D eigenvalue weighted by molar-refractivity contribution is 6.39. The lowest BCUT2D eigenvalue weighted by Gasteiger charge is -2.34. The quantitative estimate of drug-likeness (QED) is 0.708. The first kappa shape index (κ1) is 21.7. The third kappa shape index (κ3) is 5.55. The summed E-state index contributed by atoms with van der Waals surface area (Å²) in [6.45, 7) is 4.54. The van der Waals surface area contributed by atoms with E-state index in [1.54, 1.807) is 26.2 Å². The molecule has 2 N–H and O–H groups in total. The van der Waals surface area contributed by atoms with Gasteiger partial charge in [0.15, 0.2) is 0 Å². The van der Waals surface area contributed by atoms with Crippen molar-refractivity contribution in [3.05, 3.63) is 59.4 Å². The first-order valence-corrected chi connectivity index (χ1v) is 9.79. The van der Waals surface area contributed by atoms with Gasteiger partial charge in [0.1, 0.15) is 11.6 Å². The second kappa shape index (κ2) is 10.2. The Morgan fingerprint density at radius 1 is 1.13 bits per heavy atom. The van der Waals surface area contributed by atoms with Crippen molar-refractivity contribution in [3.63, 3.8) is 0 Å². The topological polar surface area (TPSA) is 79.9 Å². The zero-order valence-corrected chi connectivity index (χ0v) is 17.1. The summed E-state index contributed by atoms with van der Waals surface area (Å²) in [5, 5.41) is 5.12. The minimum absolute atomic E-state index is 0.117. The molecule has 2 amide bonds. The normalized spacial score (nSPS) is 15.3. The van der Waals surface area contributed by atoms with Crippen LogP contribution in [0.2, 0.25) is 0 Å². The van der Waals surface area contributed by atoms with Crippen LogP contribution < -0.4 is 15.4 Å². The minimum Gasteiger partial charge on any atom is -0.497 e. The SMILES string of the molecule is COc1ccc([C@H](CNC(=O)C(=O)Nc2ccc(C)c(F)c2)N2CCOCC2)cc1. The standard InChI is InChI=1S/C22H26FN3O4/c1-15-3-6-17(13-19(15)23)25-22(28)21(27)24-14-20(26-9-11-30-12-10-26)16-4-7-18(29-2)8-5-16/h3-8,13,20H,9-12,14H2,1-2H3,(H,24,27)(H,25,28)/t20-/m0/s1. The Labute approximate surface area is 175 Å². The second-order valence-corrected chi connectivity index (χ2v) is 7.07. The van der Waals surface area contributed by atoms with Crippen LogP contribution in [0.3, 0.4) is 0 Å². The van der Waals surface area contributed by atoms with Crippen molar-refractivity contribution < 1.29 is 23.5 Å². The van der Waals surface area contributed by atoms with Gasteiger partial charge in [0.25, 0.3) is 0 Å². The molecule has 8 heteroatoms. The van der Waals surface area contributed by atoms with Gasteiger partial charge in [0, 0.05) is 25.3 Å². The molecule has 2 aromatic carbocycles. The third-order valence-electron chi connectivity index (χ3n) is 5.08. The lowest BCUT2D eigenvalue weighted by atomic mass is 10.0. The molecule has 1 atom stereocenters. The number of carbonyl (C=O) groups is 2. The number of anilines is 1. The summed E-state index contributed by atoms with van der Waals surface area (Å²) in [6.07, 6.45) is 0. The average molecular weight is 415 g/mol. The number of benzene rings is 2. The first-order chi connectivity index (χ1) is 14.5. The Kier molecular flexibility index (Phi) is 7.37. The first-order valence-electron chi connectivity index (χ1n) is 9.79. The molecule has 1 aliphatic rings. The molecule has 0 spiro atoms. The highest BCUT2D eigenvalue weighted by Gasteiger charge is 2.24. The minimum atomic E-state index is -0.839. The number of ether oxygens (including phenoxy) is 2. The smallest absolute Gasteiger partial charge is 0.313 e. The number of nitrogens with one attached hydrogen (secondary N) is 2. The van der Waals surface area contributed by atoms with E-state index >= 15 is 0 Å². The van der Waals surface area contributed by atoms with Gasteiger partial charge >= 0.3 is 11.8 Å². The van der Waals surface area contributed by atoms with E-state index in [2.05, 4.69) is 15.5 Å². The Morgan fingerprint density at radius 2 is 1.83 bits per heavy atom. The van der Waals surface area contributed by atoms with Crippen LogP contribution >= 0.6 is 0 Å². The van der Waals surface area contributed by atoms with Gasteiger partial charge < -0.3 is 20.1 Å². The molecule has 2 aromatic rings. The van der Waals surface area contributed by atoms with Gasteiger partial charge in [-0.1, -0.05) is 18.2 Å². The molecule has 160 valence electrons. The van der Waals surface area contributed by atoms with Crippen LogP contribution in [-0.4, -0.2) is 56.7 Å². The third-order valence-corrected chi connectivity index (χ3v) is 5.08. The van der Waals surface area contributed by atoms with Crippen LogP contribution in [0.15, 0.2) is 42.5 Å². The number of halogens is 1. The zero-order valence-electron chi connectivity index (χ0n) is 17.1. The van der Waals surface area contributed by atoms with Crippen molar-refractivity contribution >= 4 is 17.5 Å². The largest absolute Gasteiger partial charge is 0.497 e. The van der Waals surface area contributed by atoms with Gasteiger partial charge in [0.2, 0.25) is 0 Å². The number of morpholine rings is 1. The van der Waals surface area contributed by atoms with Gasteiger partial charge in [-0.2, -0.15) is 0 Å². The monoisotopic (exact) mass is 415 g/mol. The number of nitrogens with zero attached hydrogens (tertiary/aromatic N) is 1. The molecule has 1 heterocycles. The summed E-state index contributed by atoms with van der Waals surface area (Å²) in [5.41, 5.74) is 1.70. The van der Waals surface area contributed by atoms with Crippen LogP contribution in [0, 0.1) is 12.7 Å². The highest BCUT2D eigenvalue weighted by Crippen LogP contribution is 2.23. The molecule has 30 heavy (non-hydrogen) atoms. The van der Waals surface area contributed by atoms with E-state index < -0.39 is 17.6 Å². The summed E-state index contributed by atoms with van der Waals surface area (Å²) in [7, 11) is 1.60. The molecule has 1 aliphatic heterocycles. The fourth-order valence-electron chi connectivity index (χ4n) is 3.30. The number of hydrogen-bond donors (Lipinski definition) is 2. The second-order valence-electron chi connectivity index (χ2n) is 7.07. The fraction of sp³-hybridized carbons (Fsp3) is 0.364. The van der Waals surface area contributed by atoms with E-state index in [1.807, 2.05) is 24.3 Å². The zero-order chi connectivity index (χ0) is 21.5. The van der Waals surface area contributed by atoms with E-state index in [1.165, 1.54) is 6.07 Å². The molecule has 0 radical (unpaired) electrons. The fourth-order valence-corrected chi connectivity index (χ4v) is 3.30. The van der Waals surface area contributed by atoms with E-state index in [4.69, 9.17) is 9.47 Å². The van der Waals surface area contributed by atoms with Crippen LogP contribution in [-0.2, 0) is 14.3 Å². The lowest BCUT2D eigenvalue weighted by molar-refractivity contribution is -0.136. The molecule has 3 rings (SSSR count). The molecular formula is C22H26FN3O4. The van der Waals surface area contributed by atoms with E-state index in [0.717, 1.165) is 24.4 Å². The Morgan fingerprint density at radius 3 is 2.47 bits per heavy atom. The summed E-state index contributed by atoms with van der Waals surface area (Å²) >= 11 is 0. The van der Waals surface area contributed by atoms with Crippen LogP contribution in [0.1, 0.15) is 17.2 Å². The number of amides is 2. The molecule has 0 aromatic heterocycles. The van der Waals surface area contributed by atoms with Crippen LogP contribution in [0.25, 0.3) is 0 Å². The van der Waals surface area contributed by atoms with Gasteiger partial charge in [-0.25, -0.2) is 4.39 Å². The predicted molar refractivity (Wildman–Crippen MR) is 111 cm³/mol. The highest BCUT2D eigenvalue weighted by atomic mass is 19.1. The van der Waals surface area contributed by atoms with Crippen LogP contribution in [0.4, 0.5) is 10.1 Å².